The van der Waals surface area contributed by atoms with Crippen LogP contribution in [0.2, 0.25) is 0 Å². The summed E-state index contributed by atoms with van der Waals surface area (Å²) in [5.41, 5.74) is 7.57. The summed E-state index contributed by atoms with van der Waals surface area (Å²) in [6, 6.07) is 39.5. The van der Waals surface area contributed by atoms with Crippen LogP contribution in [0.1, 0.15) is 38.8 Å². The molecule has 0 amide bonds. The number of hydrogen-bond acceptors (Lipinski definition) is 7. The summed E-state index contributed by atoms with van der Waals surface area (Å²) in [6.45, 7) is 8.16. The summed E-state index contributed by atoms with van der Waals surface area (Å²) in [6.07, 6.45) is 0. The van der Waals surface area contributed by atoms with E-state index in [4.69, 9.17) is 24.3 Å². The Morgan fingerprint density at radius 3 is 1.63 bits per heavy atom. The van der Waals surface area contributed by atoms with Crippen molar-refractivity contribution < 1.29 is 9.31 Å². The quantitative estimate of drug-likeness (QED) is 0.141. The van der Waals surface area contributed by atoms with E-state index in [0.29, 0.717) is 33.5 Å². The fourth-order valence-corrected chi connectivity index (χ4v) is 6.43. The van der Waals surface area contributed by atoms with Crippen molar-refractivity contribution in [2.24, 2.45) is 0 Å². The highest BCUT2D eigenvalue weighted by Crippen LogP contribution is 2.41. The lowest BCUT2D eigenvalue weighted by Gasteiger charge is -2.32. The van der Waals surface area contributed by atoms with E-state index in [1.165, 1.54) is 0 Å². The Labute approximate surface area is 284 Å². The molecule has 8 heteroatoms. The van der Waals surface area contributed by atoms with E-state index in [1.807, 2.05) is 88.4 Å². The van der Waals surface area contributed by atoms with Crippen molar-refractivity contribution >= 4 is 45.3 Å². The number of benzene rings is 5. The number of para-hydroxylation sites is 1. The summed E-state index contributed by atoms with van der Waals surface area (Å²) >= 11 is 0. The van der Waals surface area contributed by atoms with Crippen molar-refractivity contribution in [3.63, 3.8) is 0 Å². The Balaban J connectivity index is 1.55. The first-order valence-corrected chi connectivity index (χ1v) is 16.2. The molecule has 1 aliphatic heterocycles. The molecule has 0 bridgehead atoms. The van der Waals surface area contributed by atoms with Gasteiger partial charge in [-0.15, -0.1) is 0 Å². The molecule has 3 heterocycles. The number of nitriles is 2. The van der Waals surface area contributed by atoms with Crippen LogP contribution in [0.3, 0.4) is 0 Å². The first-order chi connectivity index (χ1) is 23.7. The highest BCUT2D eigenvalue weighted by atomic mass is 16.7. The monoisotopic (exact) mass is 635 g/mol. The van der Waals surface area contributed by atoms with E-state index >= 15 is 0 Å². The third kappa shape index (κ3) is 5.02. The van der Waals surface area contributed by atoms with Gasteiger partial charge < -0.3 is 9.31 Å². The molecular weight excluding hydrogens is 605 g/mol. The summed E-state index contributed by atoms with van der Waals surface area (Å²) in [7, 11) is -0.726. The molecule has 0 N–H and O–H groups in total. The van der Waals surface area contributed by atoms with Gasteiger partial charge in [0.25, 0.3) is 0 Å². The average molecular weight is 636 g/mol. The summed E-state index contributed by atoms with van der Waals surface area (Å²) in [5.74, 6) is 0. The number of rotatable bonds is 4. The molecule has 1 saturated heterocycles. The summed E-state index contributed by atoms with van der Waals surface area (Å²) in [4.78, 5) is 16.1. The molecule has 0 unspecified atom stereocenters. The van der Waals surface area contributed by atoms with Crippen LogP contribution in [-0.2, 0) is 9.31 Å². The Morgan fingerprint density at radius 2 is 1.06 bits per heavy atom. The minimum absolute atomic E-state index is 0.550. The van der Waals surface area contributed by atoms with Crippen LogP contribution >= 0.6 is 0 Å². The number of aromatic nitrogens is 3. The molecule has 0 radical (unpaired) electrons. The molecule has 0 aliphatic carbocycles. The van der Waals surface area contributed by atoms with Crippen LogP contribution in [0.5, 0.6) is 0 Å². The van der Waals surface area contributed by atoms with Gasteiger partial charge in [-0.05, 0) is 58.0 Å². The largest absolute Gasteiger partial charge is 0.497 e. The number of hydrogen-bond donors (Lipinski definition) is 0. The lowest BCUT2D eigenvalue weighted by Crippen LogP contribution is -2.41. The molecule has 0 saturated carbocycles. The third-order valence-electron chi connectivity index (χ3n) is 9.77. The zero-order valence-corrected chi connectivity index (χ0v) is 27.5. The first-order valence-electron chi connectivity index (χ1n) is 16.2. The van der Waals surface area contributed by atoms with Gasteiger partial charge in [0.05, 0.1) is 68.1 Å². The Bertz CT molecular complexity index is 2500. The number of pyridine rings is 1. The molecular formula is C41H30BN5O2. The highest BCUT2D eigenvalue weighted by Gasteiger charge is 2.52. The SMILES string of the molecule is CC1(C)OB(c2cc3c(-c4ccccc4)nc4ccccc4c3c3nc(-c4ccc(C#N)cc4)c(-c4ccc(C#N)cc4)nc23)OC1(C)C. The van der Waals surface area contributed by atoms with Crippen molar-refractivity contribution in [3.05, 3.63) is 120 Å². The Hall–Kier alpha value is -5.93. The molecule has 7 nitrogen and oxygen atoms in total. The fraction of sp³-hybridized carbons (Fsp3) is 0.146. The first kappa shape index (κ1) is 30.4. The molecule has 0 spiro atoms. The van der Waals surface area contributed by atoms with Gasteiger partial charge in [-0.1, -0.05) is 78.9 Å². The van der Waals surface area contributed by atoms with E-state index in [1.54, 1.807) is 24.3 Å². The third-order valence-corrected chi connectivity index (χ3v) is 9.77. The summed E-state index contributed by atoms with van der Waals surface area (Å²) in [5, 5.41) is 21.8. The van der Waals surface area contributed by atoms with Gasteiger partial charge in [-0.3, -0.25) is 0 Å². The highest BCUT2D eigenvalue weighted by molar-refractivity contribution is 6.65. The summed E-state index contributed by atoms with van der Waals surface area (Å²) < 4.78 is 13.4. The molecule has 1 fully saturated rings. The van der Waals surface area contributed by atoms with Crippen LogP contribution < -0.4 is 5.46 Å². The standard InChI is InChI=1S/C41H30BN5O2/c1-40(2)41(3,4)49-42(48-40)32-22-31-34(30-12-8-9-13-33(30)45-35(31)27-10-6-5-7-11-27)39-38(32)46-36(28-18-14-25(23-43)15-19-28)37(47-39)29-20-16-26(24-44)17-21-29/h5-22H,1-4H3. The van der Waals surface area contributed by atoms with E-state index in [0.717, 1.165) is 49.5 Å². The minimum atomic E-state index is -0.726. The van der Waals surface area contributed by atoms with Gasteiger partial charge in [0.2, 0.25) is 0 Å². The Kier molecular flexibility index (Phi) is 7.05. The topological polar surface area (TPSA) is 105 Å². The maximum Gasteiger partial charge on any atom is 0.497 e. The van der Waals surface area contributed by atoms with Crippen LogP contribution in [0.25, 0.3) is 66.5 Å². The molecule has 5 aromatic carbocycles. The minimum Gasteiger partial charge on any atom is -0.399 e. The molecule has 2 aromatic heterocycles. The Morgan fingerprint density at radius 1 is 0.551 bits per heavy atom. The molecule has 7 aromatic rings. The molecule has 0 atom stereocenters. The van der Waals surface area contributed by atoms with Gasteiger partial charge in [0.1, 0.15) is 0 Å². The molecule has 49 heavy (non-hydrogen) atoms. The maximum absolute atomic E-state index is 9.54. The second kappa shape index (κ2) is 11.4. The van der Waals surface area contributed by atoms with Crippen LogP contribution in [0, 0.1) is 22.7 Å². The van der Waals surface area contributed by atoms with Crippen molar-refractivity contribution in [1.29, 1.82) is 10.5 Å². The smallest absolute Gasteiger partial charge is 0.399 e. The second-order valence-electron chi connectivity index (χ2n) is 13.3. The van der Waals surface area contributed by atoms with E-state index in [2.05, 4.69) is 36.4 Å². The van der Waals surface area contributed by atoms with Gasteiger partial charge in [-0.25, -0.2) is 15.0 Å². The zero-order valence-electron chi connectivity index (χ0n) is 27.5. The van der Waals surface area contributed by atoms with Gasteiger partial charge in [0, 0.05) is 38.3 Å². The zero-order chi connectivity index (χ0) is 33.9. The van der Waals surface area contributed by atoms with Crippen molar-refractivity contribution in [2.75, 3.05) is 0 Å². The predicted octanol–water partition coefficient (Wildman–Crippen LogP) is 8.37. The average Bonchev–Trinajstić information content (AvgIpc) is 3.36. The molecule has 8 rings (SSSR count). The van der Waals surface area contributed by atoms with E-state index < -0.39 is 18.3 Å². The number of nitrogens with zero attached hydrogens (tertiary/aromatic N) is 5. The molecule has 1 aliphatic rings. The van der Waals surface area contributed by atoms with Crippen molar-refractivity contribution in [2.45, 2.75) is 38.9 Å². The maximum atomic E-state index is 9.54. The van der Waals surface area contributed by atoms with Crippen LogP contribution in [0.15, 0.2) is 109 Å². The van der Waals surface area contributed by atoms with Crippen molar-refractivity contribution in [3.8, 4) is 45.9 Å². The second-order valence-corrected chi connectivity index (χ2v) is 13.3. The van der Waals surface area contributed by atoms with E-state index in [-0.39, 0.29) is 0 Å². The fourth-order valence-electron chi connectivity index (χ4n) is 6.43. The van der Waals surface area contributed by atoms with Gasteiger partial charge in [0.15, 0.2) is 0 Å². The molecule has 234 valence electrons. The predicted molar refractivity (Wildman–Crippen MR) is 194 cm³/mol. The van der Waals surface area contributed by atoms with Gasteiger partial charge in [-0.2, -0.15) is 10.5 Å². The number of fused-ring (bicyclic) bond motifs is 5. The van der Waals surface area contributed by atoms with E-state index in [9.17, 15) is 10.5 Å². The lowest BCUT2D eigenvalue weighted by molar-refractivity contribution is 0.00578. The van der Waals surface area contributed by atoms with Crippen molar-refractivity contribution in [1.82, 2.24) is 15.0 Å². The van der Waals surface area contributed by atoms with Crippen LogP contribution in [0.4, 0.5) is 0 Å². The lowest BCUT2D eigenvalue weighted by atomic mass is 9.76. The van der Waals surface area contributed by atoms with Crippen LogP contribution in [-0.4, -0.2) is 33.3 Å². The normalized spacial score (nSPS) is 15.0. The van der Waals surface area contributed by atoms with Gasteiger partial charge >= 0.3 is 7.12 Å².